The van der Waals surface area contributed by atoms with E-state index in [1.54, 1.807) is 0 Å². The van der Waals surface area contributed by atoms with Gasteiger partial charge in [0.05, 0.1) is 11.0 Å². The van der Waals surface area contributed by atoms with Crippen LogP contribution in [0.4, 0.5) is 0 Å². The number of rotatable bonds is 2. The van der Waals surface area contributed by atoms with Crippen molar-refractivity contribution in [2.45, 2.75) is 56.7 Å². The molecule has 0 bridgehead atoms. The minimum Gasteiger partial charge on any atom is -0.329 e. The highest BCUT2D eigenvalue weighted by atomic mass is 32.2. The van der Waals surface area contributed by atoms with Crippen LogP contribution in [0.25, 0.3) is 0 Å². The van der Waals surface area contributed by atoms with Crippen LogP contribution in [0.3, 0.4) is 0 Å². The van der Waals surface area contributed by atoms with Gasteiger partial charge in [-0.3, -0.25) is 0 Å². The Labute approximate surface area is 108 Å². The summed E-state index contributed by atoms with van der Waals surface area (Å²) in [4.78, 5) is 4.48. The zero-order valence-corrected chi connectivity index (χ0v) is 11.6. The van der Waals surface area contributed by atoms with Gasteiger partial charge in [0.2, 0.25) is 0 Å². The summed E-state index contributed by atoms with van der Waals surface area (Å²) in [5, 5.41) is -0.196. The average molecular weight is 268 g/mol. The van der Waals surface area contributed by atoms with Crippen molar-refractivity contribution in [3.8, 4) is 0 Å². The molecule has 1 aromatic rings. The van der Waals surface area contributed by atoms with E-state index in [-0.39, 0.29) is 5.25 Å². The zero-order valence-electron chi connectivity index (χ0n) is 10.8. The monoisotopic (exact) mass is 268 g/mol. The second kappa shape index (κ2) is 4.37. The van der Waals surface area contributed by atoms with E-state index in [0.29, 0.717) is 18.2 Å². The van der Waals surface area contributed by atoms with E-state index in [9.17, 15) is 8.42 Å². The summed E-state index contributed by atoms with van der Waals surface area (Å²) in [5.41, 5.74) is 1.28. The van der Waals surface area contributed by atoms with Crippen molar-refractivity contribution in [1.82, 2.24) is 9.55 Å². The molecular formula is C13H20N2O2S. The quantitative estimate of drug-likeness (QED) is 0.823. The molecule has 0 spiro atoms. The number of sulfone groups is 1. The maximum absolute atomic E-state index is 11.9. The van der Waals surface area contributed by atoms with E-state index in [0.717, 1.165) is 25.1 Å². The summed E-state index contributed by atoms with van der Waals surface area (Å²) in [6.45, 7) is 2.21. The second-order valence-corrected chi connectivity index (χ2v) is 8.01. The highest BCUT2D eigenvalue weighted by molar-refractivity contribution is 7.92. The van der Waals surface area contributed by atoms with Crippen LogP contribution in [-0.4, -0.2) is 29.0 Å². The molecule has 0 aromatic carbocycles. The number of nitrogens with zero attached hydrogens (tertiary/aromatic N) is 2. The lowest BCUT2D eigenvalue weighted by Gasteiger charge is -2.24. The third-order valence-corrected chi connectivity index (χ3v) is 6.59. The Morgan fingerprint density at radius 1 is 1.39 bits per heavy atom. The molecule has 0 aliphatic carbocycles. The molecule has 2 aliphatic rings. The van der Waals surface area contributed by atoms with Gasteiger partial charge in [0.15, 0.2) is 9.84 Å². The van der Waals surface area contributed by atoms with Crippen molar-refractivity contribution in [3.63, 3.8) is 0 Å². The molecule has 2 aliphatic heterocycles. The van der Waals surface area contributed by atoms with E-state index in [1.807, 2.05) is 6.20 Å². The zero-order chi connectivity index (χ0) is 12.8. The van der Waals surface area contributed by atoms with Gasteiger partial charge in [-0.05, 0) is 39.0 Å². The molecule has 2 atom stereocenters. The molecule has 100 valence electrons. The van der Waals surface area contributed by atoms with Crippen molar-refractivity contribution in [2.24, 2.45) is 0 Å². The van der Waals surface area contributed by atoms with Gasteiger partial charge in [-0.25, -0.2) is 13.4 Å². The second-order valence-electron chi connectivity index (χ2n) is 5.61. The number of hydrogen-bond donors (Lipinski definition) is 0. The Morgan fingerprint density at radius 3 is 2.94 bits per heavy atom. The smallest absolute Gasteiger partial charge is 0.153 e. The van der Waals surface area contributed by atoms with Crippen LogP contribution < -0.4 is 0 Å². The molecule has 0 saturated carbocycles. The van der Waals surface area contributed by atoms with Crippen molar-refractivity contribution >= 4 is 9.84 Å². The summed E-state index contributed by atoms with van der Waals surface area (Å²) in [6, 6.07) is 0.468. The van der Waals surface area contributed by atoms with Gasteiger partial charge in [0.1, 0.15) is 5.82 Å². The Hall–Kier alpha value is -0.840. The standard InChI is InChI=1S/C13H20N2O2S/c1-10-4-2-5-11-9-14-13(15(10)11)8-12-6-3-7-18(12,16)17/h9-10,12H,2-8H2,1H3. The highest BCUT2D eigenvalue weighted by Gasteiger charge is 2.33. The first-order valence-corrected chi connectivity index (χ1v) is 8.56. The Morgan fingerprint density at radius 2 is 2.22 bits per heavy atom. The molecule has 18 heavy (non-hydrogen) atoms. The van der Waals surface area contributed by atoms with Crippen LogP contribution in [0.5, 0.6) is 0 Å². The maximum atomic E-state index is 11.9. The van der Waals surface area contributed by atoms with Crippen molar-refractivity contribution in [2.75, 3.05) is 5.75 Å². The summed E-state index contributed by atoms with van der Waals surface area (Å²) in [5.74, 6) is 1.34. The molecule has 5 heteroatoms. The lowest BCUT2D eigenvalue weighted by atomic mass is 10.0. The van der Waals surface area contributed by atoms with Crippen LogP contribution in [-0.2, 0) is 22.7 Å². The van der Waals surface area contributed by atoms with Gasteiger partial charge in [-0.2, -0.15) is 0 Å². The number of imidazole rings is 1. The van der Waals surface area contributed by atoms with E-state index in [2.05, 4.69) is 16.5 Å². The fraction of sp³-hybridized carbons (Fsp3) is 0.769. The van der Waals surface area contributed by atoms with Crippen LogP contribution >= 0.6 is 0 Å². The minimum absolute atomic E-state index is 0.196. The number of aryl methyl sites for hydroxylation is 1. The first-order chi connectivity index (χ1) is 8.58. The predicted octanol–water partition coefficient (Wildman–Crippen LogP) is 1.90. The van der Waals surface area contributed by atoms with Gasteiger partial charge < -0.3 is 4.57 Å². The Balaban J connectivity index is 1.88. The molecule has 1 saturated heterocycles. The number of fused-ring (bicyclic) bond motifs is 1. The number of aromatic nitrogens is 2. The summed E-state index contributed by atoms with van der Waals surface area (Å²) < 4.78 is 26.1. The molecule has 1 fully saturated rings. The molecule has 1 aromatic heterocycles. The largest absolute Gasteiger partial charge is 0.329 e. The third-order valence-electron chi connectivity index (χ3n) is 4.32. The summed E-state index contributed by atoms with van der Waals surface area (Å²) in [6.07, 6.45) is 7.63. The molecule has 4 nitrogen and oxygen atoms in total. The third kappa shape index (κ3) is 1.98. The van der Waals surface area contributed by atoms with E-state index >= 15 is 0 Å². The molecule has 3 heterocycles. The van der Waals surface area contributed by atoms with Gasteiger partial charge in [-0.1, -0.05) is 0 Å². The predicted molar refractivity (Wildman–Crippen MR) is 70.4 cm³/mol. The highest BCUT2D eigenvalue weighted by Crippen LogP contribution is 2.29. The molecular weight excluding hydrogens is 248 g/mol. The van der Waals surface area contributed by atoms with Gasteiger partial charge in [0.25, 0.3) is 0 Å². The van der Waals surface area contributed by atoms with Crippen LogP contribution in [0.2, 0.25) is 0 Å². The average Bonchev–Trinajstić information content (AvgIpc) is 2.85. The van der Waals surface area contributed by atoms with E-state index in [1.165, 1.54) is 18.5 Å². The number of hydrogen-bond acceptors (Lipinski definition) is 3. The normalized spacial score (nSPS) is 30.3. The SMILES string of the molecule is CC1CCCc2cnc(CC3CCCS3(=O)=O)n21. The molecule has 0 N–H and O–H groups in total. The summed E-state index contributed by atoms with van der Waals surface area (Å²) in [7, 11) is -2.86. The fourth-order valence-corrected chi connectivity index (χ4v) is 5.14. The minimum atomic E-state index is -2.86. The Kier molecular flexibility index (Phi) is 2.96. The van der Waals surface area contributed by atoms with Gasteiger partial charge in [0, 0.05) is 24.4 Å². The lowest BCUT2D eigenvalue weighted by Crippen LogP contribution is -2.23. The topological polar surface area (TPSA) is 52.0 Å². The Bertz CT molecular complexity index is 547. The summed E-state index contributed by atoms with van der Waals surface area (Å²) >= 11 is 0. The van der Waals surface area contributed by atoms with Crippen LogP contribution in [0.1, 0.15) is 50.2 Å². The van der Waals surface area contributed by atoms with Crippen molar-refractivity contribution in [1.29, 1.82) is 0 Å². The van der Waals surface area contributed by atoms with Crippen LogP contribution in [0.15, 0.2) is 6.20 Å². The van der Waals surface area contributed by atoms with Gasteiger partial charge >= 0.3 is 0 Å². The maximum Gasteiger partial charge on any atom is 0.153 e. The van der Waals surface area contributed by atoms with E-state index < -0.39 is 9.84 Å². The molecule has 0 radical (unpaired) electrons. The van der Waals surface area contributed by atoms with E-state index in [4.69, 9.17) is 0 Å². The van der Waals surface area contributed by atoms with Gasteiger partial charge in [-0.15, -0.1) is 0 Å². The fourth-order valence-electron chi connectivity index (χ4n) is 3.31. The van der Waals surface area contributed by atoms with Crippen molar-refractivity contribution < 1.29 is 8.42 Å². The first kappa shape index (κ1) is 12.2. The molecule has 2 unspecified atom stereocenters. The van der Waals surface area contributed by atoms with Crippen molar-refractivity contribution in [3.05, 3.63) is 17.7 Å². The lowest BCUT2D eigenvalue weighted by molar-refractivity contribution is 0.416. The first-order valence-electron chi connectivity index (χ1n) is 6.84. The molecule has 3 rings (SSSR count). The molecule has 0 amide bonds. The van der Waals surface area contributed by atoms with Crippen LogP contribution in [0, 0.1) is 0 Å².